The van der Waals surface area contributed by atoms with Crippen molar-refractivity contribution in [3.05, 3.63) is 15.6 Å². The van der Waals surface area contributed by atoms with Crippen LogP contribution in [0, 0.1) is 0 Å². The third-order valence-corrected chi connectivity index (χ3v) is 5.20. The second-order valence-corrected chi connectivity index (χ2v) is 6.18. The zero-order valence-electron chi connectivity index (χ0n) is 10.9. The molecule has 0 amide bonds. The van der Waals surface area contributed by atoms with Gasteiger partial charge in [-0.05, 0) is 25.8 Å². The number of aryl methyl sites for hydroxylation is 1. The quantitative estimate of drug-likeness (QED) is 0.889. The highest BCUT2D eigenvalue weighted by Crippen LogP contribution is 2.36. The summed E-state index contributed by atoms with van der Waals surface area (Å²) in [5, 5.41) is 1.13. The van der Waals surface area contributed by atoms with Crippen molar-refractivity contribution in [1.29, 1.82) is 0 Å². The number of nitrogens with two attached hydrogens (primary N) is 1. The van der Waals surface area contributed by atoms with Gasteiger partial charge in [0.25, 0.3) is 0 Å². The average molecular weight is 267 g/mol. The lowest BCUT2D eigenvalue weighted by atomic mass is 9.99. The molecule has 2 atom stereocenters. The molecule has 0 radical (unpaired) electrons. The Labute approximate surface area is 112 Å². The molecule has 1 fully saturated rings. The Kier molecular flexibility index (Phi) is 3.66. The van der Waals surface area contributed by atoms with Gasteiger partial charge in [-0.2, -0.15) is 0 Å². The van der Waals surface area contributed by atoms with Crippen LogP contribution in [0.5, 0.6) is 0 Å². The molecule has 0 bridgehead atoms. The lowest BCUT2D eigenvalue weighted by Gasteiger charge is -2.30. The van der Waals surface area contributed by atoms with Gasteiger partial charge in [-0.3, -0.25) is 4.90 Å². The van der Waals surface area contributed by atoms with Gasteiger partial charge in [-0.15, -0.1) is 11.3 Å². The summed E-state index contributed by atoms with van der Waals surface area (Å²) < 4.78 is 5.87. The van der Waals surface area contributed by atoms with Gasteiger partial charge in [0, 0.05) is 24.0 Å². The van der Waals surface area contributed by atoms with Crippen LogP contribution in [0.1, 0.15) is 47.5 Å². The van der Waals surface area contributed by atoms with E-state index in [1.54, 1.807) is 11.3 Å². The lowest BCUT2D eigenvalue weighted by Crippen LogP contribution is -2.38. The molecule has 0 saturated carbocycles. The van der Waals surface area contributed by atoms with Crippen molar-refractivity contribution in [3.63, 3.8) is 0 Å². The molecule has 5 heteroatoms. The van der Waals surface area contributed by atoms with Crippen molar-refractivity contribution in [3.8, 4) is 0 Å². The molecule has 1 aliphatic heterocycles. The second kappa shape index (κ2) is 5.25. The van der Waals surface area contributed by atoms with Crippen molar-refractivity contribution in [2.24, 2.45) is 5.73 Å². The Morgan fingerprint density at radius 3 is 3.22 bits per heavy atom. The van der Waals surface area contributed by atoms with E-state index in [9.17, 15) is 0 Å². The van der Waals surface area contributed by atoms with Gasteiger partial charge < -0.3 is 10.5 Å². The van der Waals surface area contributed by atoms with Crippen LogP contribution in [0.15, 0.2) is 0 Å². The second-order valence-electron chi connectivity index (χ2n) is 5.11. The molecule has 0 aromatic carbocycles. The first-order valence-corrected chi connectivity index (χ1v) is 7.68. The van der Waals surface area contributed by atoms with Crippen molar-refractivity contribution >= 4 is 11.3 Å². The maximum atomic E-state index is 6.16. The smallest absolute Gasteiger partial charge is 0.123 e. The number of hydrogen-bond donors (Lipinski definition) is 1. The summed E-state index contributed by atoms with van der Waals surface area (Å²) in [5.74, 6) is 0. The fourth-order valence-electron chi connectivity index (χ4n) is 2.75. The zero-order chi connectivity index (χ0) is 12.5. The van der Waals surface area contributed by atoms with Gasteiger partial charge >= 0.3 is 0 Å². The summed E-state index contributed by atoms with van der Waals surface area (Å²) >= 11 is 1.77. The van der Waals surface area contributed by atoms with Gasteiger partial charge in [0.15, 0.2) is 0 Å². The Hall–Kier alpha value is -0.490. The molecule has 1 aromatic heterocycles. The van der Waals surface area contributed by atoms with E-state index in [2.05, 4.69) is 11.8 Å². The van der Waals surface area contributed by atoms with Crippen molar-refractivity contribution in [2.75, 3.05) is 26.2 Å². The number of nitrogens with zero attached hydrogens (tertiary/aromatic N) is 2. The first-order valence-electron chi connectivity index (χ1n) is 6.87. The van der Waals surface area contributed by atoms with Gasteiger partial charge in [-0.25, -0.2) is 4.98 Å². The van der Waals surface area contributed by atoms with Crippen LogP contribution in [0.2, 0.25) is 0 Å². The van der Waals surface area contributed by atoms with Gasteiger partial charge in [-0.1, -0.05) is 6.92 Å². The Morgan fingerprint density at radius 1 is 1.56 bits per heavy atom. The highest BCUT2D eigenvalue weighted by Gasteiger charge is 2.28. The van der Waals surface area contributed by atoms with Gasteiger partial charge in [0.1, 0.15) is 11.1 Å². The van der Waals surface area contributed by atoms with Crippen LogP contribution in [0.25, 0.3) is 0 Å². The third kappa shape index (κ3) is 2.32. The van der Waals surface area contributed by atoms with E-state index in [4.69, 9.17) is 15.5 Å². The number of morpholine rings is 1. The number of aromatic nitrogens is 1. The summed E-state index contributed by atoms with van der Waals surface area (Å²) in [5.41, 5.74) is 7.39. The Morgan fingerprint density at radius 2 is 2.44 bits per heavy atom. The van der Waals surface area contributed by atoms with E-state index in [1.807, 2.05) is 0 Å². The normalized spacial score (nSPS) is 29.2. The molecular formula is C13H21N3OS. The van der Waals surface area contributed by atoms with Crippen molar-refractivity contribution in [2.45, 2.75) is 38.3 Å². The third-order valence-electron chi connectivity index (χ3n) is 3.88. The number of thiazole rings is 1. The molecule has 18 heavy (non-hydrogen) atoms. The van der Waals surface area contributed by atoms with Crippen LogP contribution >= 0.6 is 11.3 Å². The molecule has 2 N–H and O–H groups in total. The number of ether oxygens (including phenoxy) is 1. The van der Waals surface area contributed by atoms with E-state index in [0.29, 0.717) is 0 Å². The molecule has 2 heterocycles. The van der Waals surface area contributed by atoms with Crippen LogP contribution in [-0.2, 0) is 11.2 Å². The average Bonchev–Trinajstić information content (AvgIpc) is 2.84. The molecule has 2 unspecified atom stereocenters. The minimum absolute atomic E-state index is 0.154. The molecular weight excluding hydrogens is 246 g/mol. The summed E-state index contributed by atoms with van der Waals surface area (Å²) in [4.78, 5) is 8.51. The summed E-state index contributed by atoms with van der Waals surface area (Å²) in [6, 6.07) is 0.200. The first-order chi connectivity index (χ1) is 8.78. The summed E-state index contributed by atoms with van der Waals surface area (Å²) in [6.45, 7) is 6.11. The molecule has 100 valence electrons. The van der Waals surface area contributed by atoms with Crippen LogP contribution < -0.4 is 5.73 Å². The van der Waals surface area contributed by atoms with E-state index in [-0.39, 0.29) is 12.1 Å². The molecule has 3 rings (SSSR count). The fourth-order valence-corrected chi connectivity index (χ4v) is 3.94. The van der Waals surface area contributed by atoms with Crippen LogP contribution in [0.3, 0.4) is 0 Å². The molecule has 1 aliphatic carbocycles. The fraction of sp³-hybridized carbons (Fsp3) is 0.769. The van der Waals surface area contributed by atoms with Crippen molar-refractivity contribution in [1.82, 2.24) is 9.88 Å². The predicted molar refractivity (Wildman–Crippen MR) is 72.8 cm³/mol. The van der Waals surface area contributed by atoms with Crippen molar-refractivity contribution < 1.29 is 4.74 Å². The first kappa shape index (κ1) is 12.5. The maximum Gasteiger partial charge on any atom is 0.123 e. The number of fused-ring (bicyclic) bond motifs is 1. The number of hydrogen-bond acceptors (Lipinski definition) is 5. The number of rotatable bonds is 2. The van der Waals surface area contributed by atoms with Crippen LogP contribution in [-0.4, -0.2) is 36.1 Å². The molecule has 1 saturated heterocycles. The summed E-state index contributed by atoms with van der Waals surface area (Å²) in [6.07, 6.45) is 3.51. The molecule has 0 spiro atoms. The summed E-state index contributed by atoms with van der Waals surface area (Å²) in [7, 11) is 0. The Bertz CT molecular complexity index is 420. The zero-order valence-corrected chi connectivity index (χ0v) is 11.7. The highest BCUT2D eigenvalue weighted by atomic mass is 32.1. The maximum absolute atomic E-state index is 6.16. The number of likely N-dealkylation sites (N-methyl/N-ethyl adjacent to an activating group) is 1. The molecule has 1 aromatic rings. The van der Waals surface area contributed by atoms with Gasteiger partial charge in [0.05, 0.1) is 12.3 Å². The molecule has 2 aliphatic rings. The van der Waals surface area contributed by atoms with Crippen LogP contribution in [0.4, 0.5) is 0 Å². The lowest BCUT2D eigenvalue weighted by molar-refractivity contribution is -0.0283. The predicted octanol–water partition coefficient (Wildman–Crippen LogP) is 1.87. The van der Waals surface area contributed by atoms with E-state index in [1.165, 1.54) is 17.0 Å². The van der Waals surface area contributed by atoms with E-state index in [0.717, 1.165) is 44.1 Å². The standard InChI is InChI=1S/C13H21N3OS/c1-2-16-6-7-17-11(8-16)13-15-10-5-3-4-9(14)12(10)18-13/h9,11H,2-8,14H2,1H3. The van der Waals surface area contributed by atoms with E-state index >= 15 is 0 Å². The highest BCUT2D eigenvalue weighted by molar-refractivity contribution is 7.11. The molecule has 4 nitrogen and oxygen atoms in total. The van der Waals surface area contributed by atoms with Gasteiger partial charge in [0.2, 0.25) is 0 Å². The largest absolute Gasteiger partial charge is 0.368 e. The minimum Gasteiger partial charge on any atom is -0.368 e. The van der Waals surface area contributed by atoms with E-state index < -0.39 is 0 Å². The topological polar surface area (TPSA) is 51.4 Å². The monoisotopic (exact) mass is 267 g/mol. The Balaban J connectivity index is 1.80. The SMILES string of the molecule is CCN1CCOC(c2nc3c(s2)C(N)CCC3)C1. The minimum atomic E-state index is 0.154.